The molecule has 0 spiro atoms. The van der Waals surface area contributed by atoms with Crippen LogP contribution in [-0.2, 0) is 0 Å². The Hall–Kier alpha value is -3.03. The first-order valence-electron chi connectivity index (χ1n) is 9.31. The number of rotatable bonds is 2. The van der Waals surface area contributed by atoms with Crippen LogP contribution in [0.4, 0.5) is 0 Å². The first-order chi connectivity index (χ1) is 16.2. The molecular weight excluding hydrogens is 538 g/mol. The van der Waals surface area contributed by atoms with Gasteiger partial charge in [-0.05, 0) is 47.5 Å². The molecule has 10 heteroatoms. The summed E-state index contributed by atoms with van der Waals surface area (Å²) in [6.07, 6.45) is 5.87. The Labute approximate surface area is 219 Å². The molecule has 0 radical (unpaired) electrons. The van der Waals surface area contributed by atoms with E-state index >= 15 is 0 Å². The number of hydrogen-bond donors (Lipinski definition) is 1. The monoisotopic (exact) mass is 546 g/mol. The second-order valence-electron chi connectivity index (χ2n) is 6.70. The van der Waals surface area contributed by atoms with E-state index in [0.29, 0.717) is 47.4 Å². The Morgan fingerprint density at radius 2 is 1.18 bits per heavy atom. The summed E-state index contributed by atoms with van der Waals surface area (Å²) in [7, 11) is 0. The minimum atomic E-state index is -0.343. The lowest BCUT2D eigenvalue weighted by Crippen LogP contribution is -2.09. The van der Waals surface area contributed by atoms with Crippen LogP contribution in [-0.4, -0.2) is 9.97 Å². The van der Waals surface area contributed by atoms with Crippen LogP contribution in [0.5, 0.6) is 0 Å². The molecule has 2 heterocycles. The topological polar surface area (TPSA) is 93.3 Å². The smallest absolute Gasteiger partial charge is 0.207 e. The van der Waals surface area contributed by atoms with Gasteiger partial charge in [-0.15, -0.1) is 0 Å². The van der Waals surface area contributed by atoms with Gasteiger partial charge in [-0.1, -0.05) is 58.0 Å². The number of hydrogen-bond acceptors (Lipinski definition) is 4. The molecule has 0 bridgehead atoms. The van der Waals surface area contributed by atoms with Crippen LogP contribution >= 0.6 is 58.0 Å². The van der Waals surface area contributed by atoms with Crippen molar-refractivity contribution in [1.29, 1.82) is 10.5 Å². The largest absolute Gasteiger partial charge is 0.366 e. The van der Waals surface area contributed by atoms with Crippen molar-refractivity contribution in [3.63, 3.8) is 0 Å². The van der Waals surface area contributed by atoms with E-state index in [4.69, 9.17) is 68.5 Å². The lowest BCUT2D eigenvalue weighted by molar-refractivity contribution is 1.27. The number of benzene rings is 2. The van der Waals surface area contributed by atoms with E-state index in [9.17, 15) is 4.79 Å². The minimum absolute atomic E-state index is 0.0543. The average Bonchev–Trinajstić information content (AvgIpc) is 2.78. The van der Waals surface area contributed by atoms with Gasteiger partial charge < -0.3 is 4.98 Å². The molecule has 0 fully saturated rings. The number of pyridine rings is 2. The Morgan fingerprint density at radius 3 is 1.68 bits per heavy atom. The molecule has 4 aromatic rings. The molecule has 0 saturated carbocycles. The molecule has 2 aromatic heterocycles. The molecule has 2 aromatic carbocycles. The summed E-state index contributed by atoms with van der Waals surface area (Å²) in [6, 6.07) is 13.7. The molecular formula is C24H11Cl5N4O. The van der Waals surface area contributed by atoms with Crippen LogP contribution in [0.25, 0.3) is 22.3 Å². The average molecular weight is 549 g/mol. The fourth-order valence-corrected chi connectivity index (χ4v) is 4.23. The normalized spacial score (nSPS) is 9.97. The molecule has 0 aliphatic rings. The number of nitriles is 2. The van der Waals surface area contributed by atoms with Crippen molar-refractivity contribution in [2.45, 2.75) is 0 Å². The van der Waals surface area contributed by atoms with Gasteiger partial charge in [-0.2, -0.15) is 10.5 Å². The van der Waals surface area contributed by atoms with Crippen LogP contribution < -0.4 is 5.43 Å². The van der Waals surface area contributed by atoms with E-state index in [0.717, 1.165) is 5.56 Å². The Balaban J connectivity index is 0.000000191. The van der Waals surface area contributed by atoms with Crippen molar-refractivity contribution in [2.75, 3.05) is 0 Å². The summed E-state index contributed by atoms with van der Waals surface area (Å²) < 4.78 is 0. The van der Waals surface area contributed by atoms with Crippen molar-refractivity contribution in [3.05, 3.63) is 108 Å². The highest BCUT2D eigenvalue weighted by atomic mass is 35.5. The standard InChI is InChI=1S/C12H5Cl3N2.C12H6Cl2N2O/c13-9-1-7(2-10(14)3-9)11-6-17-5-8(4-16)12(11)15;13-9-1-7(2-10(14)3-9)11-6-16-5-8(4-15)12(11)17/h1-3,5-6H;1-3,5-6H,(H,16,17). The van der Waals surface area contributed by atoms with Gasteiger partial charge in [-0.3, -0.25) is 9.78 Å². The summed E-state index contributed by atoms with van der Waals surface area (Å²) in [5.74, 6) is 0. The van der Waals surface area contributed by atoms with Crippen LogP contribution in [0.15, 0.2) is 66.0 Å². The van der Waals surface area contributed by atoms with Gasteiger partial charge in [0.05, 0.1) is 10.6 Å². The van der Waals surface area contributed by atoms with Crippen LogP contribution in [0.2, 0.25) is 25.1 Å². The Bertz CT molecular complexity index is 1480. The highest BCUT2D eigenvalue weighted by molar-refractivity contribution is 6.36. The second kappa shape index (κ2) is 11.4. The van der Waals surface area contributed by atoms with E-state index < -0.39 is 0 Å². The highest BCUT2D eigenvalue weighted by Crippen LogP contribution is 2.33. The number of H-pyrrole nitrogens is 1. The molecule has 0 amide bonds. The van der Waals surface area contributed by atoms with E-state index in [1.807, 2.05) is 12.1 Å². The van der Waals surface area contributed by atoms with Gasteiger partial charge in [-0.25, -0.2) is 0 Å². The third-order valence-electron chi connectivity index (χ3n) is 4.41. The van der Waals surface area contributed by atoms with Crippen molar-refractivity contribution in [1.82, 2.24) is 9.97 Å². The number of nitrogens with one attached hydrogen (secondary N) is 1. The van der Waals surface area contributed by atoms with Gasteiger partial charge in [0, 0.05) is 56.0 Å². The summed E-state index contributed by atoms with van der Waals surface area (Å²) in [5, 5.41) is 19.9. The maximum atomic E-state index is 11.9. The zero-order valence-electron chi connectivity index (χ0n) is 16.9. The molecule has 0 saturated heterocycles. The number of halogens is 5. The van der Waals surface area contributed by atoms with Gasteiger partial charge >= 0.3 is 0 Å². The fraction of sp³-hybridized carbons (Fsp3) is 0. The van der Waals surface area contributed by atoms with E-state index in [1.54, 1.807) is 42.6 Å². The molecule has 34 heavy (non-hydrogen) atoms. The number of aromatic nitrogens is 2. The molecule has 0 unspecified atom stereocenters. The predicted molar refractivity (Wildman–Crippen MR) is 137 cm³/mol. The van der Waals surface area contributed by atoms with E-state index in [-0.39, 0.29) is 11.0 Å². The number of nitrogens with zero attached hydrogens (tertiary/aromatic N) is 3. The maximum absolute atomic E-state index is 11.9. The summed E-state index contributed by atoms with van der Waals surface area (Å²) >= 11 is 29.7. The lowest BCUT2D eigenvalue weighted by atomic mass is 10.1. The van der Waals surface area contributed by atoms with Crippen molar-refractivity contribution >= 4 is 58.0 Å². The molecule has 5 nitrogen and oxygen atoms in total. The summed E-state index contributed by atoms with van der Waals surface area (Å²) in [5.41, 5.74) is 2.35. The molecule has 0 aliphatic carbocycles. The van der Waals surface area contributed by atoms with Crippen LogP contribution in [0.3, 0.4) is 0 Å². The molecule has 0 atom stereocenters. The van der Waals surface area contributed by atoms with E-state index in [2.05, 4.69) is 9.97 Å². The third-order valence-corrected chi connectivity index (χ3v) is 5.69. The predicted octanol–water partition coefficient (Wildman–Crippen LogP) is 7.80. The second-order valence-corrected chi connectivity index (χ2v) is 8.82. The van der Waals surface area contributed by atoms with Gasteiger partial charge in [0.1, 0.15) is 17.7 Å². The van der Waals surface area contributed by atoms with Gasteiger partial charge in [0.15, 0.2) is 0 Å². The Morgan fingerprint density at radius 1 is 0.676 bits per heavy atom. The van der Waals surface area contributed by atoms with Gasteiger partial charge in [0.2, 0.25) is 5.43 Å². The minimum Gasteiger partial charge on any atom is -0.366 e. The van der Waals surface area contributed by atoms with Crippen LogP contribution in [0, 0.1) is 22.7 Å². The first-order valence-corrected chi connectivity index (χ1v) is 11.2. The zero-order chi connectivity index (χ0) is 24.8. The number of aromatic amines is 1. The first kappa shape index (κ1) is 25.6. The molecule has 4 rings (SSSR count). The van der Waals surface area contributed by atoms with Crippen molar-refractivity contribution in [2.24, 2.45) is 0 Å². The lowest BCUT2D eigenvalue weighted by Gasteiger charge is -2.06. The zero-order valence-corrected chi connectivity index (χ0v) is 20.7. The maximum Gasteiger partial charge on any atom is 0.207 e. The molecule has 0 aliphatic heterocycles. The van der Waals surface area contributed by atoms with Gasteiger partial charge in [0.25, 0.3) is 0 Å². The molecule has 168 valence electrons. The van der Waals surface area contributed by atoms with Crippen molar-refractivity contribution in [3.8, 4) is 34.4 Å². The van der Waals surface area contributed by atoms with Crippen molar-refractivity contribution < 1.29 is 0 Å². The summed E-state index contributed by atoms with van der Waals surface area (Å²) in [6.45, 7) is 0. The SMILES string of the molecule is N#Cc1c[nH]cc(-c2cc(Cl)cc(Cl)c2)c1=O.N#Cc1cncc(-c2cc(Cl)cc(Cl)c2)c1Cl. The highest BCUT2D eigenvalue weighted by Gasteiger charge is 2.10. The Kier molecular flexibility index (Phi) is 8.58. The van der Waals surface area contributed by atoms with E-state index in [1.165, 1.54) is 18.6 Å². The fourth-order valence-electron chi connectivity index (χ4n) is 2.92. The summed E-state index contributed by atoms with van der Waals surface area (Å²) in [4.78, 5) is 18.6. The quantitative estimate of drug-likeness (QED) is 0.277. The third kappa shape index (κ3) is 6.10. The van der Waals surface area contributed by atoms with Crippen LogP contribution in [0.1, 0.15) is 11.1 Å². The molecule has 1 N–H and O–H groups in total.